The maximum Gasteiger partial charge on any atom is 0.253 e. The van der Waals surface area contributed by atoms with E-state index in [1.807, 2.05) is 4.57 Å². The van der Waals surface area contributed by atoms with Gasteiger partial charge in [-0.15, -0.1) is 0 Å². The number of nitrogens with zero attached hydrogens (tertiary/aromatic N) is 5. The minimum absolute atomic E-state index is 0.0000734. The highest BCUT2D eigenvalue weighted by molar-refractivity contribution is 7.42. The summed E-state index contributed by atoms with van der Waals surface area (Å²) in [6.07, 6.45) is 3.73. The van der Waals surface area contributed by atoms with Crippen LogP contribution in [-0.4, -0.2) is 58.8 Å². The highest BCUT2D eigenvalue weighted by Gasteiger charge is 2.32. The van der Waals surface area contributed by atoms with E-state index in [0.29, 0.717) is 36.5 Å². The lowest BCUT2D eigenvalue weighted by Gasteiger charge is -2.37. The van der Waals surface area contributed by atoms with Crippen LogP contribution in [0.5, 0.6) is 0 Å². The van der Waals surface area contributed by atoms with E-state index in [0.717, 1.165) is 0 Å². The number of rotatable bonds is 3. The van der Waals surface area contributed by atoms with Gasteiger partial charge < -0.3 is 25.2 Å². The number of hydrogen-bond donors (Lipinski definition) is 4. The minimum Gasteiger partial charge on any atom is -0.396 e. The van der Waals surface area contributed by atoms with Crippen LogP contribution in [-0.2, 0) is 0 Å². The van der Waals surface area contributed by atoms with E-state index < -0.39 is 8.53 Å². The summed E-state index contributed by atoms with van der Waals surface area (Å²) in [5.41, 5.74) is 6.92. The van der Waals surface area contributed by atoms with Crippen molar-refractivity contribution in [3.63, 3.8) is 0 Å². The molecule has 0 saturated carbocycles. The highest BCUT2D eigenvalue weighted by Crippen LogP contribution is 2.38. The van der Waals surface area contributed by atoms with Gasteiger partial charge in [-0.1, -0.05) is 0 Å². The lowest BCUT2D eigenvalue weighted by molar-refractivity contribution is 0.126. The second-order valence-electron chi connectivity index (χ2n) is 5.16. The zero-order chi connectivity index (χ0) is 15.0. The van der Waals surface area contributed by atoms with Crippen LogP contribution in [0.1, 0.15) is 12.5 Å². The molecule has 9 nitrogen and oxygen atoms in total. The zero-order valence-corrected chi connectivity index (χ0v) is 12.1. The fraction of sp³-hybridized carbons (Fsp3) is 0.545. The number of nitrogens with two attached hydrogens (primary N) is 1. The minimum atomic E-state index is -2.17. The Morgan fingerprint density at radius 3 is 2.81 bits per heavy atom. The molecule has 1 saturated heterocycles. The van der Waals surface area contributed by atoms with E-state index >= 15 is 0 Å². The van der Waals surface area contributed by atoms with Gasteiger partial charge in [0.25, 0.3) is 8.53 Å². The van der Waals surface area contributed by atoms with Crippen molar-refractivity contribution < 1.29 is 14.9 Å². The molecule has 5 N–H and O–H groups in total. The third kappa shape index (κ3) is 2.70. The first-order chi connectivity index (χ1) is 10.1. The van der Waals surface area contributed by atoms with Crippen LogP contribution in [0.3, 0.4) is 0 Å². The van der Waals surface area contributed by atoms with Crippen LogP contribution in [0.15, 0.2) is 12.7 Å². The number of aromatic nitrogens is 4. The van der Waals surface area contributed by atoms with E-state index in [9.17, 15) is 14.9 Å². The number of anilines is 1. The van der Waals surface area contributed by atoms with Crippen LogP contribution in [0, 0.1) is 5.92 Å². The van der Waals surface area contributed by atoms with Crippen molar-refractivity contribution >= 4 is 25.5 Å². The molecule has 2 aromatic rings. The molecule has 3 rings (SSSR count). The summed E-state index contributed by atoms with van der Waals surface area (Å²) in [6, 6.07) is -0.0560. The van der Waals surface area contributed by atoms with Crippen LogP contribution in [0.4, 0.5) is 5.82 Å². The normalized spacial score (nSPS) is 24.0. The van der Waals surface area contributed by atoms with Gasteiger partial charge in [0.1, 0.15) is 11.8 Å². The fourth-order valence-electron chi connectivity index (χ4n) is 2.77. The van der Waals surface area contributed by atoms with Crippen molar-refractivity contribution in [2.45, 2.75) is 12.5 Å². The summed E-state index contributed by atoms with van der Waals surface area (Å²) in [7, 11) is -2.17. The summed E-state index contributed by atoms with van der Waals surface area (Å²) in [5.74, 6) is 0.293. The van der Waals surface area contributed by atoms with E-state index in [1.54, 1.807) is 11.0 Å². The molecule has 2 unspecified atom stereocenters. The third-order valence-corrected chi connectivity index (χ3v) is 4.62. The van der Waals surface area contributed by atoms with Gasteiger partial charge in [-0.3, -0.25) is 0 Å². The molecule has 0 amide bonds. The third-order valence-electron chi connectivity index (χ3n) is 3.79. The van der Waals surface area contributed by atoms with E-state index in [1.165, 1.54) is 6.33 Å². The molecular formula is C11H17N6O3P. The zero-order valence-electron chi connectivity index (χ0n) is 11.2. The van der Waals surface area contributed by atoms with Gasteiger partial charge in [-0.05, 0) is 12.3 Å². The van der Waals surface area contributed by atoms with E-state index in [2.05, 4.69) is 15.0 Å². The van der Waals surface area contributed by atoms with Crippen LogP contribution < -0.4 is 5.73 Å². The molecule has 1 aliphatic rings. The summed E-state index contributed by atoms with van der Waals surface area (Å²) in [6.45, 7) is 0.931. The van der Waals surface area contributed by atoms with Crippen molar-refractivity contribution in [3.8, 4) is 0 Å². The van der Waals surface area contributed by atoms with Gasteiger partial charge in [0, 0.05) is 19.7 Å². The molecule has 1 fully saturated rings. The Kier molecular flexibility index (Phi) is 4.01. The number of fused-ring (bicyclic) bond motifs is 1. The van der Waals surface area contributed by atoms with E-state index in [-0.39, 0.29) is 18.6 Å². The number of hydrogen-bond acceptors (Lipinski definition) is 8. The maximum atomic E-state index is 9.46. The Morgan fingerprint density at radius 2 is 2.10 bits per heavy atom. The Bertz CT molecular complexity index is 635. The van der Waals surface area contributed by atoms with Crippen LogP contribution in [0.2, 0.25) is 0 Å². The van der Waals surface area contributed by atoms with Gasteiger partial charge in [-0.25, -0.2) is 19.6 Å². The molecule has 2 atom stereocenters. The fourth-order valence-corrected chi connectivity index (χ4v) is 3.48. The second kappa shape index (κ2) is 5.78. The van der Waals surface area contributed by atoms with Gasteiger partial charge in [0.05, 0.1) is 12.4 Å². The van der Waals surface area contributed by atoms with Gasteiger partial charge in [0.15, 0.2) is 11.5 Å². The Morgan fingerprint density at radius 1 is 1.29 bits per heavy atom. The van der Waals surface area contributed by atoms with Crippen molar-refractivity contribution in [1.82, 2.24) is 24.2 Å². The maximum absolute atomic E-state index is 9.46. The standard InChI is InChI=1S/C11H17N6O3P/c12-10-9-11(14-5-13-10)17(6-15-9)8-1-7(4-18)2-16(3-8)21(19)20/h5-8,18-20H,1-4H2,(H2,12,13,14). The Labute approximate surface area is 122 Å². The summed E-state index contributed by atoms with van der Waals surface area (Å²) >= 11 is 0. The predicted octanol–water partition coefficient (Wildman–Crippen LogP) is -0.525. The van der Waals surface area contributed by atoms with Crippen LogP contribution in [0.25, 0.3) is 11.2 Å². The molecular weight excluding hydrogens is 295 g/mol. The van der Waals surface area contributed by atoms with Crippen LogP contribution >= 0.6 is 8.53 Å². The molecule has 0 bridgehead atoms. The Balaban J connectivity index is 1.95. The van der Waals surface area contributed by atoms with E-state index in [4.69, 9.17) is 5.73 Å². The van der Waals surface area contributed by atoms with Gasteiger partial charge in [-0.2, -0.15) is 0 Å². The van der Waals surface area contributed by atoms with Crippen molar-refractivity contribution in [2.75, 3.05) is 25.4 Å². The highest BCUT2D eigenvalue weighted by atomic mass is 31.2. The molecule has 1 aliphatic heterocycles. The van der Waals surface area contributed by atoms with Gasteiger partial charge >= 0.3 is 0 Å². The SMILES string of the molecule is Nc1ncnc2c1ncn2C1CC(CO)CN(P(O)O)C1. The molecule has 0 aromatic carbocycles. The molecule has 0 spiro atoms. The van der Waals surface area contributed by atoms with Crippen molar-refractivity contribution in [1.29, 1.82) is 0 Å². The molecule has 0 radical (unpaired) electrons. The average molecular weight is 312 g/mol. The quantitative estimate of drug-likeness (QED) is 0.556. The molecule has 21 heavy (non-hydrogen) atoms. The molecule has 0 aliphatic carbocycles. The first-order valence-corrected chi connectivity index (χ1v) is 7.76. The lowest BCUT2D eigenvalue weighted by atomic mass is 9.96. The van der Waals surface area contributed by atoms with Gasteiger partial charge in [0.2, 0.25) is 0 Å². The predicted molar refractivity (Wildman–Crippen MR) is 76.9 cm³/mol. The smallest absolute Gasteiger partial charge is 0.253 e. The lowest BCUT2D eigenvalue weighted by Crippen LogP contribution is -2.39. The Hall–Kier alpha value is -1.38. The number of aliphatic hydroxyl groups excluding tert-OH is 1. The average Bonchev–Trinajstić information content (AvgIpc) is 2.92. The molecule has 3 heterocycles. The number of aliphatic hydroxyl groups is 1. The van der Waals surface area contributed by atoms with Crippen molar-refractivity contribution in [3.05, 3.63) is 12.7 Å². The second-order valence-corrected chi connectivity index (χ2v) is 6.26. The monoisotopic (exact) mass is 312 g/mol. The summed E-state index contributed by atoms with van der Waals surface area (Å²) in [5, 5.41) is 9.41. The summed E-state index contributed by atoms with van der Waals surface area (Å²) < 4.78 is 3.43. The summed E-state index contributed by atoms with van der Waals surface area (Å²) in [4.78, 5) is 31.3. The van der Waals surface area contributed by atoms with Crippen molar-refractivity contribution in [2.24, 2.45) is 5.92 Å². The largest absolute Gasteiger partial charge is 0.396 e. The molecule has 2 aromatic heterocycles. The first-order valence-electron chi connectivity index (χ1n) is 6.56. The topological polar surface area (TPSA) is 134 Å². The first kappa shape index (κ1) is 14.6. The number of nitrogen functional groups attached to an aromatic ring is 1. The molecule has 114 valence electrons. The number of piperidine rings is 1. The molecule has 10 heteroatoms. The number of imidazole rings is 1.